The summed E-state index contributed by atoms with van der Waals surface area (Å²) in [5, 5.41) is 11.2. The lowest BCUT2D eigenvalue weighted by Crippen LogP contribution is -2.33. The fraction of sp³-hybridized carbons (Fsp3) is 0.444. The van der Waals surface area contributed by atoms with Gasteiger partial charge in [-0.15, -0.1) is 0 Å². The van der Waals surface area contributed by atoms with E-state index in [4.69, 9.17) is 16.3 Å². The average molecular weight is 365 g/mol. The smallest absolute Gasteiger partial charge is 0.254 e. The number of rotatable bonds is 9. The molecule has 0 radical (unpaired) electrons. The molecule has 0 atom stereocenters. The number of hydrogen-bond acceptors (Lipinski definition) is 4. The lowest BCUT2D eigenvalue weighted by Gasteiger charge is -2.13. The number of carbonyl (C=O) groups is 1. The summed E-state index contributed by atoms with van der Waals surface area (Å²) < 4.78 is 6.74. The second kappa shape index (κ2) is 9.56. The Bertz CT molecular complexity index is 700. The van der Waals surface area contributed by atoms with Crippen molar-refractivity contribution in [1.82, 2.24) is 20.4 Å². The summed E-state index contributed by atoms with van der Waals surface area (Å²) in [5.41, 5.74) is 2.30. The summed E-state index contributed by atoms with van der Waals surface area (Å²) in [4.78, 5) is 12.5. The second-order valence-electron chi connectivity index (χ2n) is 5.99. The number of ether oxygens (including phenoxy) is 1. The molecule has 0 unspecified atom stereocenters. The quantitative estimate of drug-likeness (QED) is 0.671. The minimum Gasteiger partial charge on any atom is -0.383 e. The van der Waals surface area contributed by atoms with Crippen molar-refractivity contribution in [3.63, 3.8) is 0 Å². The third-order valence-corrected chi connectivity index (χ3v) is 3.96. The fourth-order valence-electron chi connectivity index (χ4n) is 2.56. The van der Waals surface area contributed by atoms with Crippen LogP contribution in [0, 0.1) is 0 Å². The highest BCUT2D eigenvalue weighted by atomic mass is 35.5. The predicted molar refractivity (Wildman–Crippen MR) is 99.7 cm³/mol. The average Bonchev–Trinajstić information content (AvgIpc) is 3.03. The van der Waals surface area contributed by atoms with Crippen LogP contribution >= 0.6 is 11.6 Å². The van der Waals surface area contributed by atoms with Crippen LogP contribution < -0.4 is 10.6 Å². The third-order valence-electron chi connectivity index (χ3n) is 3.72. The van der Waals surface area contributed by atoms with Crippen LogP contribution in [0.2, 0.25) is 5.02 Å². The highest BCUT2D eigenvalue weighted by molar-refractivity contribution is 6.30. The number of nitrogens with zero attached hydrogens (tertiary/aromatic N) is 2. The van der Waals surface area contributed by atoms with E-state index >= 15 is 0 Å². The minimum absolute atomic E-state index is 0.120. The molecule has 2 rings (SSSR count). The largest absolute Gasteiger partial charge is 0.383 e. The van der Waals surface area contributed by atoms with Crippen molar-refractivity contribution in [3.8, 4) is 5.69 Å². The SMILES string of the molecule is COCCNCCNC(=O)c1cnn(-c2cccc(Cl)c2)c1C(C)C. The molecule has 0 aliphatic rings. The molecular formula is C18H25ClN4O2. The first-order valence-electron chi connectivity index (χ1n) is 8.36. The Morgan fingerprint density at radius 1 is 1.32 bits per heavy atom. The van der Waals surface area contributed by atoms with Crippen molar-refractivity contribution in [2.45, 2.75) is 19.8 Å². The zero-order valence-corrected chi connectivity index (χ0v) is 15.6. The Labute approximate surface area is 153 Å². The van der Waals surface area contributed by atoms with Crippen LogP contribution in [0.1, 0.15) is 35.8 Å². The summed E-state index contributed by atoms with van der Waals surface area (Å²) >= 11 is 6.08. The van der Waals surface area contributed by atoms with E-state index in [0.29, 0.717) is 30.3 Å². The van der Waals surface area contributed by atoms with Gasteiger partial charge in [-0.05, 0) is 24.1 Å². The van der Waals surface area contributed by atoms with E-state index in [0.717, 1.165) is 17.9 Å². The van der Waals surface area contributed by atoms with Gasteiger partial charge in [-0.25, -0.2) is 4.68 Å². The molecule has 1 heterocycles. The lowest BCUT2D eigenvalue weighted by atomic mass is 10.1. The maximum Gasteiger partial charge on any atom is 0.254 e. The van der Waals surface area contributed by atoms with Crippen molar-refractivity contribution in [3.05, 3.63) is 46.7 Å². The van der Waals surface area contributed by atoms with Crippen LogP contribution in [0.25, 0.3) is 5.69 Å². The standard InChI is InChI=1S/C18H25ClN4O2/c1-13(2)17-16(18(24)21-8-7-20-9-10-25-3)12-22-23(17)15-6-4-5-14(19)11-15/h4-6,11-13,20H,7-10H2,1-3H3,(H,21,24). The van der Waals surface area contributed by atoms with Gasteiger partial charge in [-0.3, -0.25) is 4.79 Å². The maximum absolute atomic E-state index is 12.5. The fourth-order valence-corrected chi connectivity index (χ4v) is 2.75. The van der Waals surface area contributed by atoms with Crippen molar-refractivity contribution in [2.75, 3.05) is 33.4 Å². The number of aromatic nitrogens is 2. The second-order valence-corrected chi connectivity index (χ2v) is 6.42. The zero-order chi connectivity index (χ0) is 18.2. The normalized spacial score (nSPS) is 11.1. The van der Waals surface area contributed by atoms with Crippen LogP contribution in [-0.4, -0.2) is 49.0 Å². The molecule has 0 bridgehead atoms. The predicted octanol–water partition coefficient (Wildman–Crippen LogP) is 2.61. The molecule has 6 nitrogen and oxygen atoms in total. The summed E-state index contributed by atoms with van der Waals surface area (Å²) in [6, 6.07) is 7.44. The molecule has 0 aliphatic heterocycles. The zero-order valence-electron chi connectivity index (χ0n) is 14.9. The molecular weight excluding hydrogens is 340 g/mol. The molecule has 2 N–H and O–H groups in total. The summed E-state index contributed by atoms with van der Waals surface area (Å²) in [5.74, 6) is 0.0209. The van der Waals surface area contributed by atoms with Crippen LogP contribution in [-0.2, 0) is 4.74 Å². The molecule has 0 saturated heterocycles. The van der Waals surface area contributed by atoms with E-state index in [9.17, 15) is 4.79 Å². The first-order valence-corrected chi connectivity index (χ1v) is 8.74. The van der Waals surface area contributed by atoms with Crippen molar-refractivity contribution >= 4 is 17.5 Å². The highest BCUT2D eigenvalue weighted by Gasteiger charge is 2.20. The minimum atomic E-state index is -0.120. The molecule has 0 saturated carbocycles. The Hall–Kier alpha value is -1.89. The Morgan fingerprint density at radius 2 is 2.12 bits per heavy atom. The number of halogens is 1. The molecule has 0 aliphatic carbocycles. The first-order chi connectivity index (χ1) is 12.0. The van der Waals surface area contributed by atoms with Gasteiger partial charge in [-0.1, -0.05) is 31.5 Å². The van der Waals surface area contributed by atoms with E-state index in [1.54, 1.807) is 18.0 Å². The Kier molecular flexibility index (Phi) is 7.43. The number of hydrogen-bond donors (Lipinski definition) is 2. The molecule has 1 aromatic carbocycles. The molecule has 2 aromatic rings. The van der Waals surface area contributed by atoms with Gasteiger partial charge in [0.2, 0.25) is 0 Å². The third kappa shape index (κ3) is 5.29. The number of benzene rings is 1. The highest BCUT2D eigenvalue weighted by Crippen LogP contribution is 2.24. The molecule has 25 heavy (non-hydrogen) atoms. The molecule has 136 valence electrons. The van der Waals surface area contributed by atoms with Gasteiger partial charge >= 0.3 is 0 Å². The molecule has 0 spiro atoms. The molecule has 7 heteroatoms. The molecule has 0 fully saturated rings. The molecule has 1 amide bonds. The number of methoxy groups -OCH3 is 1. The van der Waals surface area contributed by atoms with Crippen LogP contribution in [0.15, 0.2) is 30.5 Å². The van der Waals surface area contributed by atoms with Gasteiger partial charge in [0.05, 0.1) is 29.7 Å². The van der Waals surface area contributed by atoms with Gasteiger partial charge in [0.1, 0.15) is 0 Å². The topological polar surface area (TPSA) is 68.2 Å². The van der Waals surface area contributed by atoms with Crippen molar-refractivity contribution in [2.24, 2.45) is 0 Å². The van der Waals surface area contributed by atoms with Crippen molar-refractivity contribution < 1.29 is 9.53 Å². The first kappa shape index (κ1) is 19.4. The van der Waals surface area contributed by atoms with Crippen molar-refractivity contribution in [1.29, 1.82) is 0 Å². The van der Waals surface area contributed by atoms with Crippen LogP contribution in [0.5, 0.6) is 0 Å². The summed E-state index contributed by atoms with van der Waals surface area (Å²) in [6.07, 6.45) is 1.62. The van der Waals surface area contributed by atoms with Gasteiger partial charge in [0.15, 0.2) is 0 Å². The van der Waals surface area contributed by atoms with Gasteiger partial charge in [-0.2, -0.15) is 5.10 Å². The number of carbonyl (C=O) groups excluding carboxylic acids is 1. The van der Waals surface area contributed by atoms with Gasteiger partial charge < -0.3 is 15.4 Å². The van der Waals surface area contributed by atoms with E-state index in [-0.39, 0.29) is 11.8 Å². The van der Waals surface area contributed by atoms with Gasteiger partial charge in [0.25, 0.3) is 5.91 Å². The van der Waals surface area contributed by atoms with E-state index in [1.807, 2.05) is 38.1 Å². The summed E-state index contributed by atoms with van der Waals surface area (Å²) in [6.45, 7) is 6.73. The van der Waals surface area contributed by atoms with Gasteiger partial charge in [0, 0.05) is 31.8 Å². The summed E-state index contributed by atoms with van der Waals surface area (Å²) in [7, 11) is 1.66. The van der Waals surface area contributed by atoms with E-state index in [2.05, 4.69) is 15.7 Å². The van der Waals surface area contributed by atoms with Crippen LogP contribution in [0.3, 0.4) is 0 Å². The lowest BCUT2D eigenvalue weighted by molar-refractivity contribution is 0.0952. The van der Waals surface area contributed by atoms with E-state index < -0.39 is 0 Å². The number of amides is 1. The number of nitrogens with one attached hydrogen (secondary N) is 2. The van der Waals surface area contributed by atoms with E-state index in [1.165, 1.54) is 0 Å². The Morgan fingerprint density at radius 3 is 2.80 bits per heavy atom. The van der Waals surface area contributed by atoms with Crippen LogP contribution in [0.4, 0.5) is 0 Å². The Balaban J connectivity index is 2.09. The maximum atomic E-state index is 12.5. The monoisotopic (exact) mass is 364 g/mol. The molecule has 1 aromatic heterocycles.